The number of nitro benzene ring substituents is 1. The van der Waals surface area contributed by atoms with E-state index in [0.717, 1.165) is 6.07 Å². The second-order valence-electron chi connectivity index (χ2n) is 3.77. The summed E-state index contributed by atoms with van der Waals surface area (Å²) in [5.41, 5.74) is -0.429. The monoisotopic (exact) mass is 273 g/mol. The first-order chi connectivity index (χ1) is 8.38. The van der Waals surface area contributed by atoms with Gasteiger partial charge in [0.25, 0.3) is 5.69 Å². The van der Waals surface area contributed by atoms with Gasteiger partial charge in [0.2, 0.25) is 10.0 Å². The van der Waals surface area contributed by atoms with Crippen molar-refractivity contribution in [2.75, 3.05) is 13.6 Å². The Morgan fingerprint density at radius 2 is 2.00 bits per heavy atom. The van der Waals surface area contributed by atoms with Crippen LogP contribution in [0.3, 0.4) is 0 Å². The molecular formula is C10H15N3O4S. The van der Waals surface area contributed by atoms with Crippen LogP contribution in [0.25, 0.3) is 0 Å². The summed E-state index contributed by atoms with van der Waals surface area (Å²) in [4.78, 5) is 9.73. The maximum atomic E-state index is 11.9. The molecule has 18 heavy (non-hydrogen) atoms. The average molecular weight is 273 g/mol. The Hall–Kier alpha value is -1.51. The normalized spacial score (nSPS) is 13.2. The lowest BCUT2D eigenvalue weighted by atomic mass is 10.3. The average Bonchev–Trinajstić information content (AvgIpc) is 2.36. The second-order valence-corrected chi connectivity index (χ2v) is 5.50. The van der Waals surface area contributed by atoms with Crippen molar-refractivity contribution in [1.82, 2.24) is 10.0 Å². The Balaban J connectivity index is 3.02. The molecule has 1 aromatic carbocycles. The standard InChI is InChI=1S/C10H15N3O4S/c1-8(11-2)7-12-18(16,17)10-6-4-3-5-9(10)13(14)15/h3-6,8,11-12H,7H2,1-2H3/t8-/m0/s1. The minimum Gasteiger partial charge on any atom is -0.316 e. The van der Waals surface area contributed by atoms with E-state index in [2.05, 4.69) is 10.0 Å². The van der Waals surface area contributed by atoms with E-state index in [-0.39, 0.29) is 17.5 Å². The highest BCUT2D eigenvalue weighted by atomic mass is 32.2. The molecular weight excluding hydrogens is 258 g/mol. The van der Waals surface area contributed by atoms with Crippen LogP contribution in [0, 0.1) is 10.1 Å². The largest absolute Gasteiger partial charge is 0.316 e. The number of benzene rings is 1. The lowest BCUT2D eigenvalue weighted by Gasteiger charge is -2.11. The van der Waals surface area contributed by atoms with Gasteiger partial charge in [-0.1, -0.05) is 12.1 Å². The molecule has 8 heteroatoms. The number of nitrogens with zero attached hydrogens (tertiary/aromatic N) is 1. The van der Waals surface area contributed by atoms with E-state index in [4.69, 9.17) is 0 Å². The maximum Gasteiger partial charge on any atom is 0.289 e. The number of hydrogen-bond acceptors (Lipinski definition) is 5. The first-order valence-electron chi connectivity index (χ1n) is 5.29. The molecule has 1 rings (SSSR count). The molecule has 0 heterocycles. The molecule has 0 amide bonds. The smallest absolute Gasteiger partial charge is 0.289 e. The molecule has 0 fully saturated rings. The number of nitrogens with one attached hydrogen (secondary N) is 2. The summed E-state index contributed by atoms with van der Waals surface area (Å²) >= 11 is 0. The fourth-order valence-corrected chi connectivity index (χ4v) is 2.55. The first kappa shape index (κ1) is 14.6. The van der Waals surface area contributed by atoms with E-state index in [1.54, 1.807) is 14.0 Å². The van der Waals surface area contributed by atoms with Crippen LogP contribution >= 0.6 is 0 Å². The predicted molar refractivity (Wildman–Crippen MR) is 66.8 cm³/mol. The van der Waals surface area contributed by atoms with Gasteiger partial charge in [-0.3, -0.25) is 10.1 Å². The predicted octanol–water partition coefficient (Wildman–Crippen LogP) is 0.481. The molecule has 0 aliphatic carbocycles. The van der Waals surface area contributed by atoms with E-state index >= 15 is 0 Å². The van der Waals surface area contributed by atoms with Crippen molar-refractivity contribution in [3.63, 3.8) is 0 Å². The molecule has 7 nitrogen and oxygen atoms in total. The number of rotatable bonds is 6. The fourth-order valence-electron chi connectivity index (χ4n) is 1.25. The molecule has 1 atom stereocenters. The third-order valence-electron chi connectivity index (χ3n) is 2.42. The summed E-state index contributed by atoms with van der Waals surface area (Å²) in [5.74, 6) is 0. The SMILES string of the molecule is CN[C@@H](C)CNS(=O)(=O)c1ccccc1[N+](=O)[O-]. The van der Waals surface area contributed by atoms with Crippen molar-refractivity contribution in [1.29, 1.82) is 0 Å². The number of sulfonamides is 1. The Labute approximate surface area is 105 Å². The molecule has 0 saturated heterocycles. The maximum absolute atomic E-state index is 11.9. The van der Waals surface area contributed by atoms with Crippen LogP contribution in [-0.4, -0.2) is 33.0 Å². The minimum absolute atomic E-state index is 0.0671. The van der Waals surface area contributed by atoms with Gasteiger partial charge in [-0.2, -0.15) is 0 Å². The number of nitro groups is 1. The molecule has 0 saturated carbocycles. The van der Waals surface area contributed by atoms with Crippen molar-refractivity contribution in [3.05, 3.63) is 34.4 Å². The van der Waals surface area contributed by atoms with Crippen LogP contribution in [0.1, 0.15) is 6.92 Å². The van der Waals surface area contributed by atoms with Crippen LogP contribution in [0.15, 0.2) is 29.2 Å². The van der Waals surface area contributed by atoms with Crippen molar-refractivity contribution in [2.45, 2.75) is 17.9 Å². The molecule has 0 radical (unpaired) electrons. The van der Waals surface area contributed by atoms with Gasteiger partial charge in [0.15, 0.2) is 4.90 Å². The van der Waals surface area contributed by atoms with Crippen molar-refractivity contribution in [3.8, 4) is 0 Å². The summed E-state index contributed by atoms with van der Waals surface area (Å²) < 4.78 is 26.2. The Bertz CT molecular complexity index is 530. The van der Waals surface area contributed by atoms with Crippen LogP contribution in [0.5, 0.6) is 0 Å². The van der Waals surface area contributed by atoms with Gasteiger partial charge < -0.3 is 5.32 Å². The highest BCUT2D eigenvalue weighted by Gasteiger charge is 2.24. The van der Waals surface area contributed by atoms with Gasteiger partial charge in [0, 0.05) is 18.7 Å². The van der Waals surface area contributed by atoms with Crippen molar-refractivity contribution in [2.24, 2.45) is 0 Å². The molecule has 0 aromatic heterocycles. The molecule has 0 bridgehead atoms. The number of hydrogen-bond donors (Lipinski definition) is 2. The van der Waals surface area contributed by atoms with Crippen LogP contribution in [0.2, 0.25) is 0 Å². The summed E-state index contributed by atoms with van der Waals surface area (Å²) in [6.07, 6.45) is 0. The van der Waals surface area contributed by atoms with Crippen LogP contribution in [0.4, 0.5) is 5.69 Å². The molecule has 2 N–H and O–H groups in total. The second kappa shape index (κ2) is 5.89. The highest BCUT2D eigenvalue weighted by Crippen LogP contribution is 2.22. The quantitative estimate of drug-likeness (QED) is 0.580. The third kappa shape index (κ3) is 3.49. The van der Waals surface area contributed by atoms with Gasteiger partial charge in [0.1, 0.15) is 0 Å². The first-order valence-corrected chi connectivity index (χ1v) is 6.77. The minimum atomic E-state index is -3.87. The lowest BCUT2D eigenvalue weighted by Crippen LogP contribution is -2.37. The zero-order valence-corrected chi connectivity index (χ0v) is 10.9. The molecule has 100 valence electrons. The van der Waals surface area contributed by atoms with Gasteiger partial charge in [-0.25, -0.2) is 13.1 Å². The number of likely N-dealkylation sites (N-methyl/N-ethyl adjacent to an activating group) is 1. The molecule has 1 aromatic rings. The number of para-hydroxylation sites is 1. The van der Waals surface area contributed by atoms with E-state index in [1.807, 2.05) is 0 Å². The fraction of sp³-hybridized carbons (Fsp3) is 0.400. The van der Waals surface area contributed by atoms with Crippen LogP contribution in [-0.2, 0) is 10.0 Å². The van der Waals surface area contributed by atoms with E-state index in [9.17, 15) is 18.5 Å². The van der Waals surface area contributed by atoms with Gasteiger partial charge >= 0.3 is 0 Å². The zero-order chi connectivity index (χ0) is 13.8. The van der Waals surface area contributed by atoms with E-state index in [1.165, 1.54) is 18.2 Å². The summed E-state index contributed by atoms with van der Waals surface area (Å²) in [5, 5.41) is 13.6. The van der Waals surface area contributed by atoms with Gasteiger partial charge in [-0.05, 0) is 20.0 Å². The molecule has 0 unspecified atom stereocenters. The topological polar surface area (TPSA) is 101 Å². The highest BCUT2D eigenvalue weighted by molar-refractivity contribution is 7.89. The van der Waals surface area contributed by atoms with E-state index in [0.29, 0.717) is 0 Å². The van der Waals surface area contributed by atoms with Crippen molar-refractivity contribution >= 4 is 15.7 Å². The van der Waals surface area contributed by atoms with Gasteiger partial charge in [-0.15, -0.1) is 0 Å². The summed E-state index contributed by atoms with van der Waals surface area (Å²) in [7, 11) is -2.17. The lowest BCUT2D eigenvalue weighted by molar-refractivity contribution is -0.387. The van der Waals surface area contributed by atoms with E-state index < -0.39 is 20.6 Å². The summed E-state index contributed by atoms with van der Waals surface area (Å²) in [6.45, 7) is 1.95. The summed E-state index contributed by atoms with van der Waals surface area (Å²) in [6, 6.07) is 5.18. The van der Waals surface area contributed by atoms with Gasteiger partial charge in [0.05, 0.1) is 4.92 Å². The molecule has 0 spiro atoms. The Morgan fingerprint density at radius 1 is 1.39 bits per heavy atom. The Kier molecular flexibility index (Phi) is 4.76. The zero-order valence-electron chi connectivity index (χ0n) is 10.1. The third-order valence-corrected chi connectivity index (χ3v) is 3.89. The van der Waals surface area contributed by atoms with Crippen LogP contribution < -0.4 is 10.0 Å². The van der Waals surface area contributed by atoms with Crippen molar-refractivity contribution < 1.29 is 13.3 Å². The Morgan fingerprint density at radius 3 is 2.56 bits per heavy atom. The molecule has 0 aliphatic rings. The molecule has 0 aliphatic heterocycles.